The molecule has 0 nitrogen and oxygen atoms in total. The first-order valence-electron chi connectivity index (χ1n) is 3.49. The molecular weight excluding hydrogens is 96.1 g/mol. The highest BCUT2D eigenvalue weighted by molar-refractivity contribution is 5.46. The third kappa shape index (κ3) is 0.300. The quantitative estimate of drug-likeness (QED) is 0.452. The molecular formula is C8H12. The Labute approximate surface area is 50.6 Å². The Balaban J connectivity index is 2.07. The summed E-state index contributed by atoms with van der Waals surface area (Å²) in [6.45, 7) is 4.65. The van der Waals surface area contributed by atoms with Gasteiger partial charge in [0, 0.05) is 5.41 Å². The van der Waals surface area contributed by atoms with E-state index in [9.17, 15) is 0 Å². The number of hydrogen-bond donors (Lipinski definition) is 0. The molecule has 2 aliphatic rings. The van der Waals surface area contributed by atoms with E-state index < -0.39 is 0 Å². The molecule has 0 aromatic carbocycles. The van der Waals surface area contributed by atoms with Gasteiger partial charge in [-0.15, -0.1) is 0 Å². The van der Waals surface area contributed by atoms with Gasteiger partial charge in [0.15, 0.2) is 0 Å². The molecule has 0 saturated heterocycles. The highest BCUT2D eigenvalue weighted by Crippen LogP contribution is 2.64. The van der Waals surface area contributed by atoms with E-state index in [2.05, 4.69) is 19.9 Å². The highest BCUT2D eigenvalue weighted by Gasteiger charge is 2.54. The Morgan fingerprint density at radius 2 is 2.62 bits per heavy atom. The van der Waals surface area contributed by atoms with Gasteiger partial charge >= 0.3 is 0 Å². The summed E-state index contributed by atoms with van der Waals surface area (Å²) in [7, 11) is 0. The molecule has 0 spiro atoms. The Morgan fingerprint density at radius 1 is 1.88 bits per heavy atom. The minimum absolute atomic E-state index is 0.648. The van der Waals surface area contributed by atoms with E-state index in [0.717, 1.165) is 5.92 Å². The fraction of sp³-hybridized carbons (Fsp3) is 0.750. The van der Waals surface area contributed by atoms with Crippen molar-refractivity contribution in [3.63, 3.8) is 0 Å². The lowest BCUT2D eigenvalue weighted by atomic mass is 9.71. The predicted octanol–water partition coefficient (Wildman–Crippen LogP) is 2.36. The lowest BCUT2D eigenvalue weighted by Crippen LogP contribution is -2.24. The van der Waals surface area contributed by atoms with Crippen LogP contribution in [0.3, 0.4) is 0 Å². The monoisotopic (exact) mass is 108 g/mol. The topological polar surface area (TPSA) is 0 Å². The first-order valence-corrected chi connectivity index (χ1v) is 3.49. The molecule has 44 valence electrons. The molecule has 0 radical (unpaired) electrons. The molecule has 1 saturated carbocycles. The van der Waals surface area contributed by atoms with Crippen molar-refractivity contribution in [2.45, 2.75) is 26.7 Å². The molecule has 2 atom stereocenters. The van der Waals surface area contributed by atoms with E-state index in [-0.39, 0.29) is 0 Å². The molecule has 2 rings (SSSR count). The van der Waals surface area contributed by atoms with Crippen molar-refractivity contribution in [3.05, 3.63) is 11.6 Å². The number of hydrogen-bond acceptors (Lipinski definition) is 0. The van der Waals surface area contributed by atoms with Gasteiger partial charge in [0.05, 0.1) is 0 Å². The molecule has 0 aliphatic heterocycles. The van der Waals surface area contributed by atoms with Crippen molar-refractivity contribution < 1.29 is 0 Å². The van der Waals surface area contributed by atoms with Crippen molar-refractivity contribution in [2.24, 2.45) is 11.3 Å². The van der Waals surface area contributed by atoms with Crippen molar-refractivity contribution in [1.82, 2.24) is 0 Å². The molecule has 0 heteroatoms. The minimum Gasteiger partial charge on any atom is -0.0742 e. The van der Waals surface area contributed by atoms with Crippen LogP contribution in [0, 0.1) is 11.3 Å². The van der Waals surface area contributed by atoms with Crippen molar-refractivity contribution in [3.8, 4) is 0 Å². The third-order valence-corrected chi connectivity index (χ3v) is 2.89. The van der Waals surface area contributed by atoms with Crippen molar-refractivity contribution >= 4 is 0 Å². The van der Waals surface area contributed by atoms with Crippen LogP contribution < -0.4 is 0 Å². The maximum absolute atomic E-state index is 2.43. The lowest BCUT2D eigenvalue weighted by molar-refractivity contribution is 0.267. The van der Waals surface area contributed by atoms with Crippen LogP contribution in [0.2, 0.25) is 0 Å². The van der Waals surface area contributed by atoms with Crippen LogP contribution in [-0.4, -0.2) is 0 Å². The van der Waals surface area contributed by atoms with Crippen molar-refractivity contribution in [2.75, 3.05) is 0 Å². The van der Waals surface area contributed by atoms with E-state index in [0.29, 0.717) is 5.41 Å². The summed E-state index contributed by atoms with van der Waals surface area (Å²) >= 11 is 0. The van der Waals surface area contributed by atoms with E-state index >= 15 is 0 Å². The fourth-order valence-corrected chi connectivity index (χ4v) is 1.90. The summed E-state index contributed by atoms with van der Waals surface area (Å²) in [6, 6.07) is 0. The predicted molar refractivity (Wildman–Crippen MR) is 34.6 cm³/mol. The molecule has 0 bridgehead atoms. The average molecular weight is 108 g/mol. The first-order chi connectivity index (χ1) is 3.77. The molecule has 0 heterocycles. The first kappa shape index (κ1) is 4.60. The Hall–Kier alpha value is -0.260. The van der Waals surface area contributed by atoms with Crippen LogP contribution in [0.5, 0.6) is 0 Å². The Bertz CT molecular complexity index is 155. The summed E-state index contributed by atoms with van der Waals surface area (Å²) < 4.78 is 0. The van der Waals surface area contributed by atoms with Crippen LogP contribution in [0.1, 0.15) is 26.7 Å². The SMILES string of the molecule is CCC1CC2=CC21C. The van der Waals surface area contributed by atoms with E-state index in [1.54, 1.807) is 5.57 Å². The smallest absolute Gasteiger partial charge is 0.00970 e. The van der Waals surface area contributed by atoms with E-state index in [1.165, 1.54) is 12.8 Å². The second-order valence-electron chi connectivity index (χ2n) is 3.26. The molecule has 0 amide bonds. The molecule has 8 heavy (non-hydrogen) atoms. The molecule has 0 N–H and O–H groups in total. The fourth-order valence-electron chi connectivity index (χ4n) is 1.90. The number of rotatable bonds is 1. The Kier molecular flexibility index (Phi) is 0.588. The minimum atomic E-state index is 0.648. The van der Waals surface area contributed by atoms with E-state index in [1.807, 2.05) is 0 Å². The summed E-state index contributed by atoms with van der Waals surface area (Å²) in [4.78, 5) is 0. The number of allylic oxidation sites excluding steroid dienone is 2. The van der Waals surface area contributed by atoms with Gasteiger partial charge in [-0.3, -0.25) is 0 Å². The molecule has 0 aromatic rings. The normalized spacial score (nSPS) is 49.2. The standard InChI is InChI=1S/C8H12/c1-3-6-4-7-5-8(6,7)2/h5-6H,3-4H2,1-2H3. The van der Waals surface area contributed by atoms with Gasteiger partial charge in [0.2, 0.25) is 0 Å². The van der Waals surface area contributed by atoms with Gasteiger partial charge < -0.3 is 0 Å². The van der Waals surface area contributed by atoms with Gasteiger partial charge in [-0.25, -0.2) is 0 Å². The zero-order valence-corrected chi connectivity index (χ0v) is 5.57. The van der Waals surface area contributed by atoms with Gasteiger partial charge in [-0.1, -0.05) is 31.9 Å². The zero-order valence-electron chi connectivity index (χ0n) is 5.57. The summed E-state index contributed by atoms with van der Waals surface area (Å²) in [5.74, 6) is 1.01. The third-order valence-electron chi connectivity index (χ3n) is 2.89. The van der Waals surface area contributed by atoms with Gasteiger partial charge in [-0.05, 0) is 12.3 Å². The van der Waals surface area contributed by atoms with Crippen LogP contribution >= 0.6 is 0 Å². The maximum Gasteiger partial charge on any atom is 0.00970 e. The van der Waals surface area contributed by atoms with Crippen molar-refractivity contribution in [1.29, 1.82) is 0 Å². The van der Waals surface area contributed by atoms with E-state index in [4.69, 9.17) is 0 Å². The van der Waals surface area contributed by atoms with Gasteiger partial charge in [0.1, 0.15) is 0 Å². The molecule has 2 aliphatic carbocycles. The zero-order chi connectivity index (χ0) is 5.78. The summed E-state index contributed by atoms with van der Waals surface area (Å²) in [5.41, 5.74) is 2.37. The largest absolute Gasteiger partial charge is 0.0742 e. The average Bonchev–Trinajstić information content (AvgIpc) is 2.21. The second kappa shape index (κ2) is 1.02. The maximum atomic E-state index is 2.43. The van der Waals surface area contributed by atoms with Crippen LogP contribution in [0.25, 0.3) is 0 Å². The highest BCUT2D eigenvalue weighted by atomic mass is 14.6. The number of fused-ring (bicyclic) bond motifs is 1. The second-order valence-corrected chi connectivity index (χ2v) is 3.26. The Morgan fingerprint density at radius 3 is 2.75 bits per heavy atom. The van der Waals surface area contributed by atoms with Crippen LogP contribution in [0.4, 0.5) is 0 Å². The molecule has 2 unspecified atom stereocenters. The van der Waals surface area contributed by atoms with Gasteiger partial charge in [-0.2, -0.15) is 0 Å². The molecule has 0 aromatic heterocycles. The van der Waals surface area contributed by atoms with Gasteiger partial charge in [0.25, 0.3) is 0 Å². The summed E-state index contributed by atoms with van der Waals surface area (Å²) in [6.07, 6.45) is 5.21. The molecule has 1 fully saturated rings. The summed E-state index contributed by atoms with van der Waals surface area (Å²) in [5, 5.41) is 0. The van der Waals surface area contributed by atoms with Crippen LogP contribution in [0.15, 0.2) is 11.6 Å². The lowest BCUT2D eigenvalue weighted by Gasteiger charge is -2.33. The van der Waals surface area contributed by atoms with Crippen LogP contribution in [-0.2, 0) is 0 Å².